The average molecular weight is 298 g/mol. The van der Waals surface area contributed by atoms with Gasteiger partial charge in [0.1, 0.15) is 0 Å². The summed E-state index contributed by atoms with van der Waals surface area (Å²) in [4.78, 5) is 12.3. The van der Waals surface area contributed by atoms with Crippen LogP contribution in [-0.2, 0) is 4.79 Å². The van der Waals surface area contributed by atoms with Crippen molar-refractivity contribution in [3.8, 4) is 0 Å². The van der Waals surface area contributed by atoms with Crippen molar-refractivity contribution < 1.29 is 4.79 Å². The molecule has 1 saturated carbocycles. The van der Waals surface area contributed by atoms with E-state index in [4.69, 9.17) is 0 Å². The maximum absolute atomic E-state index is 12.3. The third kappa shape index (κ3) is 4.32. The summed E-state index contributed by atoms with van der Waals surface area (Å²) in [6.45, 7) is 6.49. The van der Waals surface area contributed by atoms with Gasteiger partial charge in [-0.3, -0.25) is 4.79 Å². The van der Waals surface area contributed by atoms with Gasteiger partial charge >= 0.3 is 0 Å². The first-order valence-electron chi connectivity index (χ1n) is 8.94. The molecule has 22 heavy (non-hydrogen) atoms. The van der Waals surface area contributed by atoms with E-state index >= 15 is 0 Å². The molecule has 1 atom stereocenters. The molecule has 120 valence electrons. The van der Waals surface area contributed by atoms with Gasteiger partial charge in [-0.25, -0.2) is 0 Å². The number of carbonyl (C=O) groups is 1. The van der Waals surface area contributed by atoms with Crippen LogP contribution in [0.3, 0.4) is 0 Å². The van der Waals surface area contributed by atoms with Gasteiger partial charge in [0.05, 0.1) is 0 Å². The zero-order chi connectivity index (χ0) is 15.9. The normalized spacial score (nSPS) is 20.5. The molecule has 2 rings (SSSR count). The van der Waals surface area contributed by atoms with Crippen molar-refractivity contribution in [1.82, 2.24) is 0 Å². The summed E-state index contributed by atoms with van der Waals surface area (Å²) >= 11 is 0. The van der Waals surface area contributed by atoms with E-state index in [1.54, 1.807) is 0 Å². The Kier molecular flexibility index (Phi) is 6.42. The second-order valence-corrected chi connectivity index (χ2v) is 6.77. The Balaban J connectivity index is 2.06. The van der Waals surface area contributed by atoms with Gasteiger partial charge < -0.3 is 0 Å². The second-order valence-electron chi connectivity index (χ2n) is 6.77. The number of ketones is 1. The Morgan fingerprint density at radius 2 is 1.77 bits per heavy atom. The Labute approximate surface area is 135 Å². The number of carbonyl (C=O) groups excluding carboxylic acids is 1. The smallest absolute Gasteiger partial charge is 0.159 e. The molecule has 1 fully saturated rings. The Hall–Kier alpha value is -1.37. The third-order valence-corrected chi connectivity index (χ3v) is 4.97. The van der Waals surface area contributed by atoms with E-state index in [0.29, 0.717) is 11.7 Å². The van der Waals surface area contributed by atoms with Crippen LogP contribution in [0.4, 0.5) is 0 Å². The lowest BCUT2D eigenvalue weighted by Gasteiger charge is -2.15. The highest BCUT2D eigenvalue weighted by atomic mass is 16.1. The van der Waals surface area contributed by atoms with Crippen molar-refractivity contribution in [3.63, 3.8) is 0 Å². The van der Waals surface area contributed by atoms with Crippen LogP contribution in [0.25, 0.3) is 5.57 Å². The van der Waals surface area contributed by atoms with E-state index in [-0.39, 0.29) is 0 Å². The average Bonchev–Trinajstić information content (AvgIpc) is 2.88. The number of hydrogen-bond donors (Lipinski definition) is 0. The molecule has 0 spiro atoms. The number of aryl methyl sites for hydroxylation is 1. The molecule has 1 aromatic carbocycles. The van der Waals surface area contributed by atoms with E-state index in [1.165, 1.54) is 55.2 Å². The summed E-state index contributed by atoms with van der Waals surface area (Å²) in [5.41, 5.74) is 4.82. The summed E-state index contributed by atoms with van der Waals surface area (Å²) in [6.07, 6.45) is 9.55. The van der Waals surface area contributed by atoms with Gasteiger partial charge in [0.15, 0.2) is 5.78 Å². The minimum atomic E-state index is 0.386. The Morgan fingerprint density at radius 1 is 1.09 bits per heavy atom. The summed E-state index contributed by atoms with van der Waals surface area (Å²) in [5, 5.41) is 0. The van der Waals surface area contributed by atoms with E-state index in [1.807, 2.05) is 0 Å². The van der Waals surface area contributed by atoms with Gasteiger partial charge in [0.2, 0.25) is 0 Å². The first-order valence-corrected chi connectivity index (χ1v) is 8.94. The van der Waals surface area contributed by atoms with Gasteiger partial charge in [-0.05, 0) is 43.7 Å². The van der Waals surface area contributed by atoms with Crippen LogP contribution in [0.2, 0.25) is 0 Å². The van der Waals surface area contributed by atoms with E-state index in [0.717, 1.165) is 18.4 Å². The van der Waals surface area contributed by atoms with Gasteiger partial charge in [0, 0.05) is 12.0 Å². The van der Waals surface area contributed by atoms with Crippen LogP contribution in [0.5, 0.6) is 0 Å². The third-order valence-electron chi connectivity index (χ3n) is 4.97. The molecular formula is C21H30O. The van der Waals surface area contributed by atoms with Gasteiger partial charge in [0.25, 0.3) is 0 Å². The molecule has 0 aromatic heterocycles. The SMILES string of the molecule is CCCCCCCC1CCC(=O)/C1=C(\C)c1ccc(C)cc1. The Morgan fingerprint density at radius 3 is 2.45 bits per heavy atom. The zero-order valence-electron chi connectivity index (χ0n) is 14.5. The number of benzene rings is 1. The maximum atomic E-state index is 12.3. The van der Waals surface area contributed by atoms with Crippen molar-refractivity contribution in [1.29, 1.82) is 0 Å². The highest BCUT2D eigenvalue weighted by Gasteiger charge is 2.29. The molecule has 0 saturated heterocycles. The molecule has 0 heterocycles. The number of Topliss-reactive ketones (excluding diaryl/α,β-unsaturated/α-hetero) is 1. The largest absolute Gasteiger partial charge is 0.295 e. The highest BCUT2D eigenvalue weighted by molar-refractivity contribution is 6.04. The second kappa shape index (κ2) is 8.31. The topological polar surface area (TPSA) is 17.1 Å². The van der Waals surface area contributed by atoms with Crippen LogP contribution in [-0.4, -0.2) is 5.78 Å². The molecule has 1 nitrogen and oxygen atoms in total. The molecule has 1 heteroatoms. The van der Waals surface area contributed by atoms with Crippen LogP contribution in [0, 0.1) is 12.8 Å². The summed E-state index contributed by atoms with van der Waals surface area (Å²) < 4.78 is 0. The Bertz CT molecular complexity index is 521. The molecule has 0 N–H and O–H groups in total. The number of unbranched alkanes of at least 4 members (excludes halogenated alkanes) is 4. The lowest BCUT2D eigenvalue weighted by atomic mass is 9.89. The maximum Gasteiger partial charge on any atom is 0.159 e. The first kappa shape index (κ1) is 17.0. The predicted octanol–water partition coefficient (Wildman–Crippen LogP) is 6.11. The number of rotatable bonds is 7. The summed E-state index contributed by atoms with van der Waals surface area (Å²) in [6, 6.07) is 8.58. The number of allylic oxidation sites excluding steroid dienone is 2. The fourth-order valence-corrected chi connectivity index (χ4v) is 3.57. The molecule has 0 aliphatic heterocycles. The van der Waals surface area contributed by atoms with Crippen LogP contribution in [0.1, 0.15) is 76.3 Å². The van der Waals surface area contributed by atoms with Crippen LogP contribution >= 0.6 is 0 Å². The fraction of sp³-hybridized carbons (Fsp3) is 0.571. The van der Waals surface area contributed by atoms with E-state index in [9.17, 15) is 4.79 Å². The van der Waals surface area contributed by atoms with Crippen LogP contribution in [0.15, 0.2) is 29.8 Å². The van der Waals surface area contributed by atoms with Crippen molar-refractivity contribution in [2.75, 3.05) is 0 Å². The monoisotopic (exact) mass is 298 g/mol. The van der Waals surface area contributed by atoms with Crippen molar-refractivity contribution in [2.45, 2.75) is 72.1 Å². The summed E-state index contributed by atoms with van der Waals surface area (Å²) in [5.74, 6) is 0.882. The molecule has 1 aromatic rings. The molecular weight excluding hydrogens is 268 g/mol. The highest BCUT2D eigenvalue weighted by Crippen LogP contribution is 2.37. The van der Waals surface area contributed by atoms with E-state index < -0.39 is 0 Å². The lowest BCUT2D eigenvalue weighted by Crippen LogP contribution is -2.04. The number of hydrogen-bond acceptors (Lipinski definition) is 1. The lowest BCUT2D eigenvalue weighted by molar-refractivity contribution is -0.114. The van der Waals surface area contributed by atoms with Crippen molar-refractivity contribution >= 4 is 11.4 Å². The quantitative estimate of drug-likeness (QED) is 0.438. The first-order chi connectivity index (χ1) is 10.6. The van der Waals surface area contributed by atoms with Crippen molar-refractivity contribution in [3.05, 3.63) is 41.0 Å². The predicted molar refractivity (Wildman–Crippen MR) is 94.9 cm³/mol. The van der Waals surface area contributed by atoms with Crippen LogP contribution < -0.4 is 0 Å². The minimum absolute atomic E-state index is 0.386. The zero-order valence-corrected chi connectivity index (χ0v) is 14.5. The molecule has 0 amide bonds. The van der Waals surface area contributed by atoms with Gasteiger partial charge in [-0.2, -0.15) is 0 Å². The fourth-order valence-electron chi connectivity index (χ4n) is 3.57. The van der Waals surface area contributed by atoms with E-state index in [2.05, 4.69) is 45.0 Å². The molecule has 1 unspecified atom stereocenters. The molecule has 0 radical (unpaired) electrons. The van der Waals surface area contributed by atoms with Gasteiger partial charge in [-0.15, -0.1) is 0 Å². The van der Waals surface area contributed by atoms with Crippen molar-refractivity contribution in [2.24, 2.45) is 5.92 Å². The standard InChI is InChI=1S/C21H30O/c1-4-5-6-7-8-9-19-14-15-20(22)21(19)17(3)18-12-10-16(2)11-13-18/h10-13,19H,4-9,14-15H2,1-3H3/b21-17+. The van der Waals surface area contributed by atoms with Gasteiger partial charge in [-0.1, -0.05) is 68.9 Å². The molecule has 1 aliphatic carbocycles. The minimum Gasteiger partial charge on any atom is -0.295 e. The molecule has 1 aliphatic rings. The molecule has 0 bridgehead atoms. The summed E-state index contributed by atoms with van der Waals surface area (Å²) in [7, 11) is 0.